The molecule has 0 saturated carbocycles. The molecule has 0 spiro atoms. The molecular formula is C20H24N2OS2. The topological polar surface area (TPSA) is 42.0 Å². The average molecular weight is 373 g/mol. The number of allylic oxidation sites excluding steroid dienone is 2. The highest BCUT2D eigenvalue weighted by atomic mass is 32.1. The van der Waals surface area contributed by atoms with Crippen molar-refractivity contribution in [2.75, 3.05) is 5.32 Å². The highest BCUT2D eigenvalue weighted by molar-refractivity contribution is 7.18. The van der Waals surface area contributed by atoms with Crippen LogP contribution >= 0.6 is 22.7 Å². The fraction of sp³-hybridized carbons (Fsp3) is 0.500. The van der Waals surface area contributed by atoms with Crippen molar-refractivity contribution in [1.82, 2.24) is 4.98 Å². The van der Waals surface area contributed by atoms with Crippen LogP contribution in [0.3, 0.4) is 0 Å². The van der Waals surface area contributed by atoms with Crippen molar-refractivity contribution in [2.24, 2.45) is 5.92 Å². The molecule has 4 rings (SSSR count). The van der Waals surface area contributed by atoms with E-state index < -0.39 is 0 Å². The van der Waals surface area contributed by atoms with Gasteiger partial charge < -0.3 is 5.32 Å². The van der Waals surface area contributed by atoms with Gasteiger partial charge in [0.25, 0.3) is 0 Å². The summed E-state index contributed by atoms with van der Waals surface area (Å²) in [4.78, 5) is 19.0. The Kier molecular flexibility index (Phi) is 5.04. The number of hydrogen-bond donors (Lipinski definition) is 1. The van der Waals surface area contributed by atoms with Gasteiger partial charge in [-0.3, -0.25) is 4.79 Å². The maximum absolute atomic E-state index is 12.8. The number of carbonyl (C=O) groups is 1. The number of hydrogen-bond acceptors (Lipinski definition) is 4. The van der Waals surface area contributed by atoms with E-state index in [9.17, 15) is 4.79 Å². The van der Waals surface area contributed by atoms with E-state index in [0.717, 1.165) is 47.8 Å². The summed E-state index contributed by atoms with van der Waals surface area (Å²) in [6.45, 7) is 2.04. The molecule has 1 amide bonds. The lowest BCUT2D eigenvalue weighted by Crippen LogP contribution is -2.23. The molecule has 5 heteroatoms. The summed E-state index contributed by atoms with van der Waals surface area (Å²) in [7, 11) is 0. The normalized spacial score (nSPS) is 20.1. The smallest absolute Gasteiger partial charge is 0.228 e. The number of anilines is 1. The van der Waals surface area contributed by atoms with E-state index in [2.05, 4.69) is 22.8 Å². The first kappa shape index (κ1) is 17.0. The van der Waals surface area contributed by atoms with Gasteiger partial charge in [0.2, 0.25) is 5.91 Å². The van der Waals surface area contributed by atoms with Crippen LogP contribution in [-0.2, 0) is 17.6 Å². The molecule has 0 radical (unpaired) electrons. The SMILES string of the molecule is Cc1csc(-c2c(NC(=O)C3CC=CCC3)sc3c2CCCCC3)n1. The molecule has 2 aliphatic carbocycles. The number of thiazole rings is 1. The standard InChI is InChI=1S/C20H24N2OS2/c1-13-12-24-19(21-13)17-15-10-6-3-7-11-16(15)25-20(17)22-18(23)14-8-4-2-5-9-14/h2,4,12,14H,3,5-11H2,1H3,(H,22,23). The number of amides is 1. The van der Waals surface area contributed by atoms with E-state index >= 15 is 0 Å². The third-order valence-corrected chi connectivity index (χ3v) is 7.32. The minimum absolute atomic E-state index is 0.109. The summed E-state index contributed by atoms with van der Waals surface area (Å²) in [5.41, 5.74) is 3.71. The second-order valence-corrected chi connectivity index (χ2v) is 9.00. The van der Waals surface area contributed by atoms with Crippen LogP contribution < -0.4 is 5.32 Å². The molecule has 1 N–H and O–H groups in total. The molecule has 0 bridgehead atoms. The lowest BCUT2D eigenvalue weighted by Gasteiger charge is -2.17. The summed E-state index contributed by atoms with van der Waals surface area (Å²) in [6, 6.07) is 0. The number of thiophene rings is 1. The van der Waals surface area contributed by atoms with Crippen molar-refractivity contribution in [3.8, 4) is 10.6 Å². The summed E-state index contributed by atoms with van der Waals surface area (Å²) in [5, 5.41) is 7.48. The number of fused-ring (bicyclic) bond motifs is 1. The Balaban J connectivity index is 1.68. The van der Waals surface area contributed by atoms with E-state index in [0.29, 0.717) is 0 Å². The Morgan fingerprint density at radius 3 is 2.88 bits per heavy atom. The Morgan fingerprint density at radius 1 is 1.24 bits per heavy atom. The Morgan fingerprint density at radius 2 is 2.12 bits per heavy atom. The maximum Gasteiger partial charge on any atom is 0.228 e. The third kappa shape index (κ3) is 3.58. The van der Waals surface area contributed by atoms with Crippen molar-refractivity contribution in [3.63, 3.8) is 0 Å². The van der Waals surface area contributed by atoms with Gasteiger partial charge in [0.15, 0.2) is 0 Å². The number of nitrogens with zero attached hydrogens (tertiary/aromatic N) is 1. The van der Waals surface area contributed by atoms with E-state index in [1.54, 1.807) is 22.7 Å². The second kappa shape index (κ2) is 7.42. The molecule has 3 nitrogen and oxygen atoms in total. The van der Waals surface area contributed by atoms with Crippen LogP contribution in [-0.4, -0.2) is 10.9 Å². The van der Waals surface area contributed by atoms with Gasteiger partial charge in [-0.25, -0.2) is 4.98 Å². The molecule has 0 aliphatic heterocycles. The fourth-order valence-electron chi connectivity index (χ4n) is 3.77. The molecule has 0 fully saturated rings. The quantitative estimate of drug-likeness (QED) is 0.551. The van der Waals surface area contributed by atoms with Gasteiger partial charge in [0, 0.05) is 27.4 Å². The van der Waals surface area contributed by atoms with Gasteiger partial charge in [-0.1, -0.05) is 18.6 Å². The number of carbonyl (C=O) groups excluding carboxylic acids is 1. The van der Waals surface area contributed by atoms with Crippen molar-refractivity contribution in [1.29, 1.82) is 0 Å². The van der Waals surface area contributed by atoms with Crippen molar-refractivity contribution >= 4 is 33.6 Å². The van der Waals surface area contributed by atoms with Gasteiger partial charge in [-0.05, 0) is 57.4 Å². The molecule has 1 unspecified atom stereocenters. The zero-order chi connectivity index (χ0) is 17.2. The first-order valence-corrected chi connectivity index (χ1v) is 10.9. The van der Waals surface area contributed by atoms with Crippen LogP contribution in [0.1, 0.15) is 54.7 Å². The predicted octanol–water partition coefficient (Wildman–Crippen LogP) is 5.74. The number of rotatable bonds is 3. The summed E-state index contributed by atoms with van der Waals surface area (Å²) >= 11 is 3.49. The molecule has 0 saturated heterocycles. The Bertz CT molecular complexity index is 803. The first-order chi connectivity index (χ1) is 12.2. The summed E-state index contributed by atoms with van der Waals surface area (Å²) in [5.74, 6) is 0.285. The second-order valence-electron chi connectivity index (χ2n) is 7.03. The zero-order valence-corrected chi connectivity index (χ0v) is 16.3. The zero-order valence-electron chi connectivity index (χ0n) is 14.6. The molecular weight excluding hydrogens is 348 g/mol. The lowest BCUT2D eigenvalue weighted by atomic mass is 9.93. The summed E-state index contributed by atoms with van der Waals surface area (Å²) < 4.78 is 0. The van der Waals surface area contributed by atoms with Crippen molar-refractivity contribution in [3.05, 3.63) is 33.7 Å². The van der Waals surface area contributed by atoms with Gasteiger partial charge in [0.05, 0.1) is 0 Å². The number of aryl methyl sites for hydroxylation is 2. The van der Waals surface area contributed by atoms with Gasteiger partial charge >= 0.3 is 0 Å². The third-order valence-electron chi connectivity index (χ3n) is 5.13. The molecule has 2 aliphatic rings. The molecule has 1 atom stereocenters. The van der Waals surface area contributed by atoms with Crippen molar-refractivity contribution < 1.29 is 4.79 Å². The minimum Gasteiger partial charge on any atom is -0.317 e. The predicted molar refractivity (Wildman–Crippen MR) is 107 cm³/mol. The molecule has 0 aromatic carbocycles. The first-order valence-electron chi connectivity index (χ1n) is 9.25. The van der Waals surface area contributed by atoms with Gasteiger partial charge in [-0.2, -0.15) is 0 Å². The molecule has 2 heterocycles. The molecule has 2 aromatic rings. The van der Waals surface area contributed by atoms with Gasteiger partial charge in [-0.15, -0.1) is 22.7 Å². The Labute approximate surface area is 157 Å². The Hall–Kier alpha value is -1.46. The molecule has 132 valence electrons. The van der Waals surface area contributed by atoms with Crippen LogP contribution in [0.2, 0.25) is 0 Å². The monoisotopic (exact) mass is 372 g/mol. The highest BCUT2D eigenvalue weighted by Crippen LogP contribution is 2.44. The van der Waals surface area contributed by atoms with Crippen LogP contribution in [0.5, 0.6) is 0 Å². The van der Waals surface area contributed by atoms with E-state index in [-0.39, 0.29) is 11.8 Å². The maximum atomic E-state index is 12.8. The van der Waals surface area contributed by atoms with Gasteiger partial charge in [0.1, 0.15) is 10.0 Å². The van der Waals surface area contributed by atoms with Crippen LogP contribution in [0.4, 0.5) is 5.00 Å². The lowest BCUT2D eigenvalue weighted by molar-refractivity contribution is -0.120. The van der Waals surface area contributed by atoms with Crippen LogP contribution in [0, 0.1) is 12.8 Å². The highest BCUT2D eigenvalue weighted by Gasteiger charge is 2.26. The number of nitrogens with one attached hydrogen (secondary N) is 1. The van der Waals surface area contributed by atoms with E-state index in [4.69, 9.17) is 4.98 Å². The molecule has 2 aromatic heterocycles. The number of aromatic nitrogens is 1. The average Bonchev–Trinajstić information content (AvgIpc) is 3.11. The van der Waals surface area contributed by atoms with E-state index in [1.165, 1.54) is 35.3 Å². The van der Waals surface area contributed by atoms with Crippen LogP contribution in [0.25, 0.3) is 10.6 Å². The summed E-state index contributed by atoms with van der Waals surface area (Å²) in [6.07, 6.45) is 13.2. The minimum atomic E-state index is 0.109. The fourth-order valence-corrected chi connectivity index (χ4v) is 6.00. The largest absolute Gasteiger partial charge is 0.317 e. The van der Waals surface area contributed by atoms with Crippen LogP contribution in [0.15, 0.2) is 17.5 Å². The van der Waals surface area contributed by atoms with Crippen molar-refractivity contribution in [2.45, 2.75) is 58.3 Å². The molecule has 25 heavy (non-hydrogen) atoms. The van der Waals surface area contributed by atoms with E-state index in [1.807, 2.05) is 6.92 Å².